The molecule has 1 aromatic rings. The molecular weight excluding hydrogens is 328 g/mol. The molecule has 1 aromatic carbocycles. The molecule has 7 heteroatoms. The fourth-order valence-electron chi connectivity index (χ4n) is 3.77. The van der Waals surface area contributed by atoms with Crippen LogP contribution in [0.1, 0.15) is 54.4 Å². The second-order valence-electron chi connectivity index (χ2n) is 6.95. The van der Waals surface area contributed by atoms with Gasteiger partial charge in [0, 0.05) is 5.56 Å². The SMILES string of the molecule is Cc1ccc(S(N)(=O)=O)cc1C(=O)NC1COC2(CCCCC2)C1. The highest BCUT2D eigenvalue weighted by Crippen LogP contribution is 2.39. The Labute approximate surface area is 142 Å². The Kier molecular flexibility index (Phi) is 4.68. The molecular formula is C17H24N2O4S. The minimum atomic E-state index is -3.83. The Morgan fingerprint density at radius 2 is 2.00 bits per heavy atom. The number of primary sulfonamides is 1. The molecule has 24 heavy (non-hydrogen) atoms. The van der Waals surface area contributed by atoms with Crippen LogP contribution in [0.2, 0.25) is 0 Å². The summed E-state index contributed by atoms with van der Waals surface area (Å²) in [5.74, 6) is -0.278. The molecule has 1 heterocycles. The molecule has 132 valence electrons. The van der Waals surface area contributed by atoms with E-state index in [0.717, 1.165) is 19.3 Å². The first-order valence-corrected chi connectivity index (χ1v) is 9.92. The van der Waals surface area contributed by atoms with Crippen LogP contribution in [0.3, 0.4) is 0 Å². The molecule has 1 unspecified atom stereocenters. The van der Waals surface area contributed by atoms with Crippen molar-refractivity contribution in [3.8, 4) is 0 Å². The number of hydrogen-bond donors (Lipinski definition) is 2. The highest BCUT2D eigenvalue weighted by Gasteiger charge is 2.41. The van der Waals surface area contributed by atoms with Crippen LogP contribution in [0.25, 0.3) is 0 Å². The summed E-state index contributed by atoms with van der Waals surface area (Å²) >= 11 is 0. The van der Waals surface area contributed by atoms with E-state index < -0.39 is 10.0 Å². The van der Waals surface area contributed by atoms with Crippen molar-refractivity contribution in [3.05, 3.63) is 29.3 Å². The molecule has 1 aliphatic carbocycles. The normalized spacial score (nSPS) is 23.3. The van der Waals surface area contributed by atoms with Crippen LogP contribution in [-0.4, -0.2) is 32.6 Å². The van der Waals surface area contributed by atoms with Crippen LogP contribution < -0.4 is 10.5 Å². The lowest BCUT2D eigenvalue weighted by atomic mass is 9.82. The molecule has 3 N–H and O–H groups in total. The quantitative estimate of drug-likeness (QED) is 0.867. The van der Waals surface area contributed by atoms with Gasteiger partial charge < -0.3 is 10.1 Å². The summed E-state index contributed by atoms with van der Waals surface area (Å²) in [4.78, 5) is 12.5. The topological polar surface area (TPSA) is 98.5 Å². The molecule has 1 saturated carbocycles. The van der Waals surface area contributed by atoms with Gasteiger partial charge in [0.1, 0.15) is 0 Å². The monoisotopic (exact) mass is 352 g/mol. The molecule has 1 aliphatic heterocycles. The molecule has 0 radical (unpaired) electrons. The number of hydrogen-bond acceptors (Lipinski definition) is 4. The first kappa shape index (κ1) is 17.4. The van der Waals surface area contributed by atoms with E-state index in [4.69, 9.17) is 9.88 Å². The predicted octanol–water partition coefficient (Wildman–Crippen LogP) is 1.86. The molecule has 1 atom stereocenters. The summed E-state index contributed by atoms with van der Waals surface area (Å²) in [5.41, 5.74) is 0.977. The number of ether oxygens (including phenoxy) is 1. The molecule has 2 aliphatic rings. The molecule has 1 spiro atoms. The van der Waals surface area contributed by atoms with E-state index >= 15 is 0 Å². The number of rotatable bonds is 3. The van der Waals surface area contributed by atoms with Crippen molar-refractivity contribution in [2.24, 2.45) is 5.14 Å². The zero-order valence-corrected chi connectivity index (χ0v) is 14.7. The van der Waals surface area contributed by atoms with Gasteiger partial charge in [-0.25, -0.2) is 13.6 Å². The first-order chi connectivity index (χ1) is 11.3. The minimum Gasteiger partial charge on any atom is -0.373 e. The van der Waals surface area contributed by atoms with Crippen LogP contribution in [0.5, 0.6) is 0 Å². The average molecular weight is 352 g/mol. The number of sulfonamides is 1. The van der Waals surface area contributed by atoms with Crippen molar-refractivity contribution in [2.75, 3.05) is 6.61 Å². The van der Waals surface area contributed by atoms with Crippen molar-refractivity contribution >= 4 is 15.9 Å². The Morgan fingerprint density at radius 1 is 1.29 bits per heavy atom. The summed E-state index contributed by atoms with van der Waals surface area (Å²) in [6, 6.07) is 4.32. The van der Waals surface area contributed by atoms with Gasteiger partial charge >= 0.3 is 0 Å². The van der Waals surface area contributed by atoms with E-state index in [1.54, 1.807) is 13.0 Å². The Balaban J connectivity index is 1.72. The van der Waals surface area contributed by atoms with Gasteiger partial charge in [0.05, 0.1) is 23.1 Å². The predicted molar refractivity (Wildman–Crippen MR) is 90.2 cm³/mol. The summed E-state index contributed by atoms with van der Waals surface area (Å²) in [5, 5.41) is 8.14. The maximum atomic E-state index is 12.6. The van der Waals surface area contributed by atoms with Gasteiger partial charge in [-0.3, -0.25) is 4.79 Å². The molecule has 0 bridgehead atoms. The summed E-state index contributed by atoms with van der Waals surface area (Å²) < 4.78 is 29.0. The maximum absolute atomic E-state index is 12.6. The molecule has 1 saturated heterocycles. The van der Waals surface area contributed by atoms with Gasteiger partial charge in [-0.05, 0) is 43.9 Å². The van der Waals surface area contributed by atoms with Crippen molar-refractivity contribution in [3.63, 3.8) is 0 Å². The van der Waals surface area contributed by atoms with Crippen LogP contribution in [0.4, 0.5) is 0 Å². The third-order valence-corrected chi connectivity index (χ3v) is 6.00. The zero-order chi connectivity index (χ0) is 17.4. The highest BCUT2D eigenvalue weighted by molar-refractivity contribution is 7.89. The first-order valence-electron chi connectivity index (χ1n) is 8.37. The third kappa shape index (κ3) is 3.63. The molecule has 0 aromatic heterocycles. The smallest absolute Gasteiger partial charge is 0.251 e. The lowest BCUT2D eigenvalue weighted by Gasteiger charge is -2.32. The Morgan fingerprint density at radius 3 is 2.67 bits per heavy atom. The molecule has 1 amide bonds. The van der Waals surface area contributed by atoms with Gasteiger partial charge in [0.25, 0.3) is 5.91 Å². The largest absolute Gasteiger partial charge is 0.373 e. The van der Waals surface area contributed by atoms with Gasteiger partial charge in [0.2, 0.25) is 10.0 Å². The summed E-state index contributed by atoms with van der Waals surface area (Å²) in [7, 11) is -3.83. The van der Waals surface area contributed by atoms with Crippen molar-refractivity contribution in [1.82, 2.24) is 5.32 Å². The van der Waals surface area contributed by atoms with Gasteiger partial charge in [-0.15, -0.1) is 0 Å². The number of carbonyl (C=O) groups is 1. The van der Waals surface area contributed by atoms with Crippen molar-refractivity contribution in [1.29, 1.82) is 0 Å². The summed E-state index contributed by atoms with van der Waals surface area (Å²) in [6.45, 7) is 2.29. The molecule has 3 rings (SSSR count). The maximum Gasteiger partial charge on any atom is 0.251 e. The third-order valence-electron chi connectivity index (χ3n) is 5.09. The highest BCUT2D eigenvalue weighted by atomic mass is 32.2. The van der Waals surface area contributed by atoms with Gasteiger partial charge in [0.15, 0.2) is 0 Å². The second kappa shape index (κ2) is 6.46. The number of carbonyl (C=O) groups excluding carboxylic acids is 1. The average Bonchev–Trinajstić information content (AvgIpc) is 2.89. The Bertz CT molecular complexity index is 739. The number of benzene rings is 1. The van der Waals surface area contributed by atoms with E-state index in [1.807, 2.05) is 0 Å². The van der Waals surface area contributed by atoms with Gasteiger partial charge in [-0.1, -0.05) is 25.3 Å². The molecule has 2 fully saturated rings. The lowest BCUT2D eigenvalue weighted by Crippen LogP contribution is -2.37. The standard InChI is InChI=1S/C17H24N2O4S/c1-12-5-6-14(24(18,21)22)9-15(12)16(20)19-13-10-17(23-11-13)7-3-2-4-8-17/h5-6,9,13H,2-4,7-8,10-11H2,1H3,(H,19,20)(H2,18,21,22). The van der Waals surface area contributed by atoms with Crippen molar-refractivity contribution < 1.29 is 17.9 Å². The number of nitrogens with two attached hydrogens (primary N) is 1. The van der Waals surface area contributed by atoms with Crippen LogP contribution in [0, 0.1) is 6.92 Å². The van der Waals surface area contributed by atoms with Crippen LogP contribution >= 0.6 is 0 Å². The zero-order valence-electron chi connectivity index (χ0n) is 13.9. The van der Waals surface area contributed by atoms with Crippen LogP contribution in [0.15, 0.2) is 23.1 Å². The fraction of sp³-hybridized carbons (Fsp3) is 0.588. The van der Waals surface area contributed by atoms with E-state index in [9.17, 15) is 13.2 Å². The summed E-state index contributed by atoms with van der Waals surface area (Å²) in [6.07, 6.45) is 6.54. The number of amides is 1. The van der Waals surface area contributed by atoms with E-state index in [1.165, 1.54) is 31.4 Å². The second-order valence-corrected chi connectivity index (χ2v) is 8.51. The van der Waals surface area contributed by atoms with Crippen molar-refractivity contribution in [2.45, 2.75) is 62.0 Å². The minimum absolute atomic E-state index is 0.0341. The number of nitrogens with one attached hydrogen (secondary N) is 1. The fourth-order valence-corrected chi connectivity index (χ4v) is 4.31. The van der Waals surface area contributed by atoms with E-state index in [0.29, 0.717) is 17.7 Å². The Hall–Kier alpha value is -1.44. The molecule has 6 nitrogen and oxygen atoms in total. The lowest BCUT2D eigenvalue weighted by molar-refractivity contribution is -0.0246. The van der Waals surface area contributed by atoms with E-state index in [-0.39, 0.29) is 22.4 Å². The van der Waals surface area contributed by atoms with E-state index in [2.05, 4.69) is 5.32 Å². The van der Waals surface area contributed by atoms with Crippen LogP contribution in [-0.2, 0) is 14.8 Å². The number of aryl methyl sites for hydroxylation is 1. The van der Waals surface area contributed by atoms with Gasteiger partial charge in [-0.2, -0.15) is 0 Å².